The monoisotopic (exact) mass is 353 g/mol. The largest absolute Gasteiger partial charge is 0.468 e. The second kappa shape index (κ2) is 7.41. The molecule has 26 heavy (non-hydrogen) atoms. The van der Waals surface area contributed by atoms with Crippen molar-refractivity contribution in [3.8, 4) is 16.9 Å². The van der Waals surface area contributed by atoms with Crippen molar-refractivity contribution in [1.82, 2.24) is 5.32 Å². The number of nitrogens with one attached hydrogen (secondary N) is 1. The van der Waals surface area contributed by atoms with E-state index in [1.165, 1.54) is 0 Å². The van der Waals surface area contributed by atoms with Gasteiger partial charge in [0.2, 0.25) is 0 Å². The number of carbonyl (C=O) groups is 2. The van der Waals surface area contributed by atoms with Gasteiger partial charge in [-0.15, -0.1) is 0 Å². The van der Waals surface area contributed by atoms with Gasteiger partial charge in [0.05, 0.1) is 0 Å². The highest BCUT2D eigenvalue weighted by Gasteiger charge is 2.35. The molecule has 0 aliphatic heterocycles. The van der Waals surface area contributed by atoms with E-state index >= 15 is 0 Å². The average Bonchev–Trinajstić information content (AvgIpc) is 2.66. The number of ether oxygens (including phenoxy) is 2. The van der Waals surface area contributed by atoms with Gasteiger partial charge in [-0.25, -0.2) is 4.79 Å². The van der Waals surface area contributed by atoms with Gasteiger partial charge in [0.25, 0.3) is 0 Å². The Bertz CT molecular complexity index is 861. The first-order valence-electron chi connectivity index (χ1n) is 8.09. The van der Waals surface area contributed by atoms with Crippen molar-refractivity contribution in [1.29, 1.82) is 0 Å². The van der Waals surface area contributed by atoms with Crippen molar-refractivity contribution in [3.05, 3.63) is 65.7 Å². The number of aldehydes is 1. The fourth-order valence-corrected chi connectivity index (χ4v) is 3.12. The molecule has 1 aliphatic carbocycles. The molecule has 0 spiro atoms. The summed E-state index contributed by atoms with van der Waals surface area (Å²) in [5.41, 5.74) is 2.11. The Morgan fingerprint density at radius 3 is 2.81 bits per heavy atom. The Hall–Kier alpha value is -3.12. The summed E-state index contributed by atoms with van der Waals surface area (Å²) in [7, 11) is 1.56. The van der Waals surface area contributed by atoms with E-state index in [9.17, 15) is 9.59 Å². The Balaban J connectivity index is 1.97. The molecule has 134 valence electrons. The zero-order valence-corrected chi connectivity index (χ0v) is 14.3. The maximum Gasteiger partial charge on any atom is 0.405 e. The SMILES string of the molecule is COCOc1cccc(-c2ccc3c(c2)CC=C[C@]3(C=O)NC(=O)O)c1. The lowest BCUT2D eigenvalue weighted by Gasteiger charge is -2.30. The number of carboxylic acid groups (broad SMARTS) is 1. The molecule has 1 aliphatic rings. The van der Waals surface area contributed by atoms with Crippen LogP contribution in [0.3, 0.4) is 0 Å². The minimum atomic E-state index is -1.35. The molecule has 1 amide bonds. The second-order valence-corrected chi connectivity index (χ2v) is 5.97. The third-order valence-electron chi connectivity index (χ3n) is 4.28. The van der Waals surface area contributed by atoms with Crippen LogP contribution >= 0.6 is 0 Å². The lowest BCUT2D eigenvalue weighted by molar-refractivity contribution is -0.112. The topological polar surface area (TPSA) is 84.9 Å². The van der Waals surface area contributed by atoms with Gasteiger partial charge in [0, 0.05) is 7.11 Å². The highest BCUT2D eigenvalue weighted by molar-refractivity contribution is 5.81. The van der Waals surface area contributed by atoms with Gasteiger partial charge in [-0.2, -0.15) is 0 Å². The summed E-state index contributed by atoms with van der Waals surface area (Å²) in [6.45, 7) is 0.168. The first-order valence-corrected chi connectivity index (χ1v) is 8.09. The number of allylic oxidation sites excluding steroid dienone is 1. The maximum absolute atomic E-state index is 11.7. The van der Waals surface area contributed by atoms with Crippen LogP contribution in [0.4, 0.5) is 4.79 Å². The van der Waals surface area contributed by atoms with E-state index in [-0.39, 0.29) is 6.79 Å². The van der Waals surface area contributed by atoms with E-state index in [1.54, 1.807) is 25.3 Å². The van der Waals surface area contributed by atoms with Crippen molar-refractivity contribution in [2.75, 3.05) is 13.9 Å². The molecule has 6 heteroatoms. The zero-order chi connectivity index (χ0) is 18.6. The Morgan fingerprint density at radius 1 is 1.27 bits per heavy atom. The Labute approximate surface area is 151 Å². The second-order valence-electron chi connectivity index (χ2n) is 5.97. The number of hydrogen-bond donors (Lipinski definition) is 2. The minimum absolute atomic E-state index is 0.168. The summed E-state index contributed by atoms with van der Waals surface area (Å²) in [6.07, 6.45) is 3.39. The Kier molecular flexibility index (Phi) is 5.04. The van der Waals surface area contributed by atoms with E-state index < -0.39 is 11.6 Å². The highest BCUT2D eigenvalue weighted by Crippen LogP contribution is 2.33. The molecule has 0 heterocycles. The van der Waals surface area contributed by atoms with Crippen LogP contribution in [0.1, 0.15) is 11.1 Å². The normalized spacial score (nSPS) is 18.0. The molecule has 0 bridgehead atoms. The molecule has 2 N–H and O–H groups in total. The summed E-state index contributed by atoms with van der Waals surface area (Å²) in [4.78, 5) is 22.8. The van der Waals surface area contributed by atoms with Gasteiger partial charge in [-0.05, 0) is 40.8 Å². The van der Waals surface area contributed by atoms with Crippen molar-refractivity contribution in [3.63, 3.8) is 0 Å². The lowest BCUT2D eigenvalue weighted by atomic mass is 9.81. The molecule has 0 aromatic heterocycles. The average molecular weight is 353 g/mol. The fraction of sp³-hybridized carbons (Fsp3) is 0.200. The summed E-state index contributed by atoms with van der Waals surface area (Å²) in [6, 6.07) is 13.2. The van der Waals surface area contributed by atoms with Gasteiger partial charge >= 0.3 is 6.09 Å². The van der Waals surface area contributed by atoms with Crippen LogP contribution in [-0.4, -0.2) is 31.4 Å². The molecule has 6 nitrogen and oxygen atoms in total. The standard InChI is InChI=1S/C20H19NO5/c1-25-13-26-17-6-2-4-14(11-17)15-7-8-18-16(10-15)5-3-9-20(18,12-22)21-19(23)24/h2-4,6-12,21H,5,13H2,1H3,(H,23,24)/t20-/m1/s1. The van der Waals surface area contributed by atoms with E-state index in [1.807, 2.05) is 36.4 Å². The molecule has 0 fully saturated rings. The third kappa shape index (κ3) is 3.45. The molecular formula is C20H19NO5. The van der Waals surface area contributed by atoms with Crippen LogP contribution in [-0.2, 0) is 21.5 Å². The van der Waals surface area contributed by atoms with Gasteiger partial charge in [0.15, 0.2) is 13.1 Å². The lowest BCUT2D eigenvalue weighted by Crippen LogP contribution is -2.46. The van der Waals surface area contributed by atoms with Crippen molar-refractivity contribution < 1.29 is 24.2 Å². The van der Waals surface area contributed by atoms with Crippen LogP contribution in [0.5, 0.6) is 5.75 Å². The highest BCUT2D eigenvalue weighted by atomic mass is 16.7. The van der Waals surface area contributed by atoms with Crippen LogP contribution in [0, 0.1) is 0 Å². The van der Waals surface area contributed by atoms with Gasteiger partial charge < -0.3 is 19.9 Å². The van der Waals surface area contributed by atoms with E-state index in [2.05, 4.69) is 5.32 Å². The number of carbonyl (C=O) groups excluding carboxylic acids is 1. The van der Waals surface area contributed by atoms with Gasteiger partial charge in [0.1, 0.15) is 11.3 Å². The number of amides is 1. The first kappa shape index (κ1) is 17.7. The molecule has 3 rings (SSSR count). The third-order valence-corrected chi connectivity index (χ3v) is 4.28. The quantitative estimate of drug-likeness (QED) is 0.473. The number of rotatable bonds is 6. The maximum atomic E-state index is 11.7. The van der Waals surface area contributed by atoms with Crippen molar-refractivity contribution >= 4 is 12.4 Å². The molecule has 0 unspecified atom stereocenters. The summed E-state index contributed by atoms with van der Waals surface area (Å²) >= 11 is 0. The molecule has 0 saturated carbocycles. The number of hydrogen-bond acceptors (Lipinski definition) is 4. The summed E-state index contributed by atoms with van der Waals surface area (Å²) in [5.74, 6) is 0.691. The van der Waals surface area contributed by atoms with Crippen LogP contribution in [0.2, 0.25) is 0 Å². The van der Waals surface area contributed by atoms with E-state index in [4.69, 9.17) is 14.6 Å². The van der Waals surface area contributed by atoms with Crippen LogP contribution in [0.25, 0.3) is 11.1 Å². The van der Waals surface area contributed by atoms with Gasteiger partial charge in [-0.3, -0.25) is 4.79 Å². The first-order chi connectivity index (χ1) is 12.6. The fourth-order valence-electron chi connectivity index (χ4n) is 3.12. The van der Waals surface area contributed by atoms with Crippen LogP contribution in [0.15, 0.2) is 54.6 Å². The minimum Gasteiger partial charge on any atom is -0.468 e. The summed E-state index contributed by atoms with van der Waals surface area (Å²) < 4.78 is 10.4. The smallest absolute Gasteiger partial charge is 0.405 e. The molecule has 2 aromatic carbocycles. The van der Waals surface area contributed by atoms with Crippen molar-refractivity contribution in [2.45, 2.75) is 12.0 Å². The molecule has 0 radical (unpaired) electrons. The van der Waals surface area contributed by atoms with Crippen LogP contribution < -0.4 is 10.1 Å². The number of methoxy groups -OCH3 is 1. The summed E-state index contributed by atoms with van der Waals surface area (Å²) in [5, 5.41) is 11.4. The molecule has 1 atom stereocenters. The molecular weight excluding hydrogens is 334 g/mol. The van der Waals surface area contributed by atoms with E-state index in [0.717, 1.165) is 16.7 Å². The predicted octanol–water partition coefficient (Wildman–Crippen LogP) is 3.11. The van der Waals surface area contributed by atoms with E-state index in [0.29, 0.717) is 24.0 Å². The predicted molar refractivity (Wildman–Crippen MR) is 96.1 cm³/mol. The van der Waals surface area contributed by atoms with Crippen molar-refractivity contribution in [2.24, 2.45) is 0 Å². The number of benzene rings is 2. The molecule has 2 aromatic rings. The number of fused-ring (bicyclic) bond motifs is 1. The Morgan fingerprint density at radius 2 is 2.08 bits per heavy atom. The van der Waals surface area contributed by atoms with Gasteiger partial charge in [-0.1, -0.05) is 42.5 Å². The molecule has 0 saturated heterocycles. The zero-order valence-electron chi connectivity index (χ0n) is 14.3.